The van der Waals surface area contributed by atoms with Gasteiger partial charge in [-0.15, -0.1) is 11.8 Å². The van der Waals surface area contributed by atoms with Crippen molar-refractivity contribution >= 4 is 17.7 Å². The Labute approximate surface area is 125 Å². The average Bonchev–Trinajstić information content (AvgIpc) is 2.50. The van der Waals surface area contributed by atoms with Crippen molar-refractivity contribution in [1.82, 2.24) is 15.2 Å². The molecule has 2 heterocycles. The van der Waals surface area contributed by atoms with Gasteiger partial charge in [0.05, 0.1) is 5.56 Å². The third-order valence-corrected chi connectivity index (χ3v) is 4.97. The summed E-state index contributed by atoms with van der Waals surface area (Å²) in [7, 11) is 0. The molecule has 110 valence electrons. The van der Waals surface area contributed by atoms with E-state index in [4.69, 9.17) is 0 Å². The van der Waals surface area contributed by atoms with E-state index in [1.165, 1.54) is 0 Å². The largest absolute Gasteiger partial charge is 0.339 e. The molecule has 0 aliphatic carbocycles. The molecular weight excluding hydrogens is 270 g/mol. The predicted molar refractivity (Wildman–Crippen MR) is 83.2 cm³/mol. The summed E-state index contributed by atoms with van der Waals surface area (Å²) in [4.78, 5) is 18.8. The lowest BCUT2D eigenvalue weighted by Gasteiger charge is -2.24. The minimum absolute atomic E-state index is 0.0968. The first-order chi connectivity index (χ1) is 9.76. The first-order valence-electron chi connectivity index (χ1n) is 7.37. The fourth-order valence-electron chi connectivity index (χ4n) is 2.40. The number of pyridine rings is 1. The highest BCUT2D eigenvalue weighted by atomic mass is 32.2. The molecule has 1 aliphatic rings. The summed E-state index contributed by atoms with van der Waals surface area (Å²) in [5.74, 6) is 0.0968. The molecule has 0 bridgehead atoms. The molecule has 20 heavy (non-hydrogen) atoms. The maximum atomic E-state index is 12.5. The van der Waals surface area contributed by atoms with E-state index in [0.29, 0.717) is 5.25 Å². The Morgan fingerprint density at radius 2 is 2.10 bits per heavy atom. The number of nitrogens with zero attached hydrogens (tertiary/aromatic N) is 2. The topological polar surface area (TPSA) is 45.2 Å². The molecule has 1 amide bonds. The molecule has 0 radical (unpaired) electrons. The fourth-order valence-corrected chi connectivity index (χ4v) is 3.59. The van der Waals surface area contributed by atoms with Gasteiger partial charge in [0.25, 0.3) is 5.91 Å². The molecule has 0 aromatic carbocycles. The lowest BCUT2D eigenvalue weighted by molar-refractivity contribution is 0.0768. The zero-order valence-corrected chi connectivity index (χ0v) is 13.1. The van der Waals surface area contributed by atoms with Crippen LogP contribution in [0, 0.1) is 0 Å². The smallest absolute Gasteiger partial charge is 0.256 e. The van der Waals surface area contributed by atoms with Crippen molar-refractivity contribution in [3.8, 4) is 0 Å². The molecular formula is C15H23N3OS. The Balaban J connectivity index is 2.14. The summed E-state index contributed by atoms with van der Waals surface area (Å²) in [5, 5.41) is 4.82. The molecule has 1 aliphatic heterocycles. The van der Waals surface area contributed by atoms with Crippen molar-refractivity contribution in [2.45, 2.75) is 37.0 Å². The monoisotopic (exact) mass is 293 g/mol. The number of hydrogen-bond donors (Lipinski definition) is 1. The van der Waals surface area contributed by atoms with Crippen LogP contribution in [0.5, 0.6) is 0 Å². The molecule has 0 spiro atoms. The second-order valence-corrected chi connectivity index (χ2v) is 6.19. The van der Waals surface area contributed by atoms with Gasteiger partial charge in [-0.2, -0.15) is 0 Å². The average molecular weight is 293 g/mol. The van der Waals surface area contributed by atoms with Crippen LogP contribution in [0.2, 0.25) is 0 Å². The zero-order valence-electron chi connectivity index (χ0n) is 12.3. The van der Waals surface area contributed by atoms with Gasteiger partial charge in [-0.3, -0.25) is 4.79 Å². The molecule has 1 aromatic heterocycles. The van der Waals surface area contributed by atoms with E-state index in [9.17, 15) is 4.79 Å². The number of nitrogens with one attached hydrogen (secondary N) is 1. The molecule has 5 heteroatoms. The van der Waals surface area contributed by atoms with Crippen LogP contribution in [0.1, 0.15) is 37.0 Å². The number of aromatic nitrogens is 1. The number of thioether (sulfide) groups is 1. The van der Waals surface area contributed by atoms with E-state index in [1.807, 2.05) is 30.9 Å². The van der Waals surface area contributed by atoms with Crippen LogP contribution < -0.4 is 5.32 Å². The normalized spacial score (nSPS) is 16.1. The molecule has 4 nitrogen and oxygen atoms in total. The van der Waals surface area contributed by atoms with Crippen LogP contribution in [-0.2, 0) is 0 Å². The molecule has 0 atom stereocenters. The summed E-state index contributed by atoms with van der Waals surface area (Å²) >= 11 is 1.76. The number of carbonyl (C=O) groups excluding carboxylic acids is 1. The van der Waals surface area contributed by atoms with Crippen LogP contribution in [0.3, 0.4) is 0 Å². The van der Waals surface area contributed by atoms with Crippen LogP contribution in [0.4, 0.5) is 0 Å². The maximum absolute atomic E-state index is 12.5. The maximum Gasteiger partial charge on any atom is 0.256 e. The number of carbonyl (C=O) groups is 1. The van der Waals surface area contributed by atoms with Crippen LogP contribution >= 0.6 is 11.8 Å². The van der Waals surface area contributed by atoms with Crippen molar-refractivity contribution in [1.29, 1.82) is 0 Å². The Morgan fingerprint density at radius 3 is 2.75 bits per heavy atom. The van der Waals surface area contributed by atoms with E-state index in [1.54, 1.807) is 18.0 Å². The summed E-state index contributed by atoms with van der Waals surface area (Å²) < 4.78 is 0. The standard InChI is InChI=1S/C15H23N3OS/c1-3-18(4-2)15(19)13-6-5-9-17-14(13)20-12-7-10-16-11-8-12/h5-6,9,12,16H,3-4,7-8,10-11H2,1-2H3. The van der Waals surface area contributed by atoms with Gasteiger partial charge in [-0.1, -0.05) is 0 Å². The van der Waals surface area contributed by atoms with E-state index >= 15 is 0 Å². The summed E-state index contributed by atoms with van der Waals surface area (Å²) in [6.45, 7) is 7.62. The van der Waals surface area contributed by atoms with Crippen molar-refractivity contribution in [3.63, 3.8) is 0 Å². The van der Waals surface area contributed by atoms with Gasteiger partial charge >= 0.3 is 0 Å². The Hall–Kier alpha value is -1.07. The number of rotatable bonds is 5. The Kier molecular flexibility index (Phi) is 5.86. The van der Waals surface area contributed by atoms with Crippen LogP contribution in [0.15, 0.2) is 23.4 Å². The number of hydrogen-bond acceptors (Lipinski definition) is 4. The minimum atomic E-state index is 0.0968. The lowest BCUT2D eigenvalue weighted by Crippen LogP contribution is -2.32. The first-order valence-corrected chi connectivity index (χ1v) is 8.25. The molecule has 0 unspecified atom stereocenters. The summed E-state index contributed by atoms with van der Waals surface area (Å²) in [6, 6.07) is 3.75. The minimum Gasteiger partial charge on any atom is -0.339 e. The van der Waals surface area contributed by atoms with E-state index in [-0.39, 0.29) is 5.91 Å². The second-order valence-electron chi connectivity index (χ2n) is 4.90. The van der Waals surface area contributed by atoms with Crippen molar-refractivity contribution in [2.75, 3.05) is 26.2 Å². The van der Waals surface area contributed by atoms with Gasteiger partial charge in [0.2, 0.25) is 0 Å². The quantitative estimate of drug-likeness (QED) is 0.905. The van der Waals surface area contributed by atoms with Gasteiger partial charge in [0, 0.05) is 24.5 Å². The van der Waals surface area contributed by atoms with Gasteiger partial charge in [-0.05, 0) is 51.9 Å². The van der Waals surface area contributed by atoms with E-state index in [0.717, 1.165) is 49.6 Å². The molecule has 0 saturated carbocycles. The molecule has 1 N–H and O–H groups in total. The van der Waals surface area contributed by atoms with Gasteiger partial charge in [-0.25, -0.2) is 4.98 Å². The van der Waals surface area contributed by atoms with Crippen LogP contribution in [-0.4, -0.2) is 47.2 Å². The Morgan fingerprint density at radius 1 is 1.40 bits per heavy atom. The summed E-state index contributed by atoms with van der Waals surface area (Å²) in [5.41, 5.74) is 0.750. The van der Waals surface area contributed by atoms with Gasteiger partial charge in [0.15, 0.2) is 0 Å². The van der Waals surface area contributed by atoms with E-state index < -0.39 is 0 Å². The first kappa shape index (κ1) is 15.3. The lowest BCUT2D eigenvalue weighted by atomic mass is 10.2. The van der Waals surface area contributed by atoms with Crippen molar-refractivity contribution < 1.29 is 4.79 Å². The predicted octanol–water partition coefficient (Wildman–Crippen LogP) is 2.41. The van der Waals surface area contributed by atoms with Crippen LogP contribution in [0.25, 0.3) is 0 Å². The highest BCUT2D eigenvalue weighted by Gasteiger charge is 2.21. The number of piperidine rings is 1. The SMILES string of the molecule is CCN(CC)C(=O)c1cccnc1SC1CCNCC1. The highest BCUT2D eigenvalue weighted by molar-refractivity contribution is 7.99. The molecule has 1 fully saturated rings. The molecule has 1 aromatic rings. The highest BCUT2D eigenvalue weighted by Crippen LogP contribution is 2.30. The number of amides is 1. The third-order valence-electron chi connectivity index (χ3n) is 3.62. The third kappa shape index (κ3) is 3.73. The zero-order chi connectivity index (χ0) is 14.4. The fraction of sp³-hybridized carbons (Fsp3) is 0.600. The van der Waals surface area contributed by atoms with Crippen molar-refractivity contribution in [3.05, 3.63) is 23.9 Å². The van der Waals surface area contributed by atoms with Gasteiger partial charge < -0.3 is 10.2 Å². The molecule has 1 saturated heterocycles. The van der Waals surface area contributed by atoms with E-state index in [2.05, 4.69) is 10.3 Å². The second kappa shape index (κ2) is 7.64. The van der Waals surface area contributed by atoms with Crippen molar-refractivity contribution in [2.24, 2.45) is 0 Å². The Bertz CT molecular complexity index is 442. The molecule has 2 rings (SSSR count). The van der Waals surface area contributed by atoms with Gasteiger partial charge in [0.1, 0.15) is 5.03 Å². The summed E-state index contributed by atoms with van der Waals surface area (Å²) in [6.07, 6.45) is 4.06.